The Kier molecular flexibility index (Phi) is 6.95. The molecule has 8 heteroatoms. The largest absolute Gasteiger partial charge is 0.464 e. The molecule has 0 radical (unpaired) electrons. The number of halogens is 1. The molecule has 7 nitrogen and oxygen atoms in total. The third-order valence-electron chi connectivity index (χ3n) is 7.12. The fraction of sp³-hybridized carbons (Fsp3) is 0.407. The van der Waals surface area contributed by atoms with Crippen LogP contribution in [0.1, 0.15) is 28.9 Å². The molecule has 1 aromatic heterocycles. The number of likely N-dealkylation sites (tertiary alicyclic amines) is 1. The quantitative estimate of drug-likeness (QED) is 0.524. The third-order valence-corrected chi connectivity index (χ3v) is 7.12. The predicted molar refractivity (Wildman–Crippen MR) is 132 cm³/mol. The number of benzene rings is 2. The number of hydrogen-bond donors (Lipinski definition) is 0. The number of carbonyl (C=O) groups is 1. The summed E-state index contributed by atoms with van der Waals surface area (Å²) in [6, 6.07) is 13.8. The molecule has 0 bridgehead atoms. The van der Waals surface area contributed by atoms with Crippen LogP contribution in [0.15, 0.2) is 53.3 Å². The highest BCUT2D eigenvalue weighted by atomic mass is 19.1. The number of piperidine rings is 1. The number of methoxy groups -OCH3 is 1. The van der Waals surface area contributed by atoms with Gasteiger partial charge in [-0.3, -0.25) is 14.6 Å². The first-order chi connectivity index (χ1) is 17.1. The zero-order valence-corrected chi connectivity index (χ0v) is 19.9. The highest BCUT2D eigenvalue weighted by Gasteiger charge is 2.29. The van der Waals surface area contributed by atoms with E-state index < -0.39 is 11.8 Å². The summed E-state index contributed by atoms with van der Waals surface area (Å²) in [6.07, 6.45) is 2.00. The second-order valence-corrected chi connectivity index (χ2v) is 9.14. The monoisotopic (exact) mass is 479 g/mol. The van der Waals surface area contributed by atoms with Gasteiger partial charge in [0, 0.05) is 42.3 Å². The van der Waals surface area contributed by atoms with Gasteiger partial charge in [0.15, 0.2) is 5.43 Å². The number of carbonyl (C=O) groups excluding carboxylic acids is 1. The Labute approximate surface area is 203 Å². The van der Waals surface area contributed by atoms with Gasteiger partial charge >= 0.3 is 5.97 Å². The minimum absolute atomic E-state index is 0.150. The van der Waals surface area contributed by atoms with Crippen LogP contribution in [0, 0.1) is 5.82 Å². The second-order valence-electron chi connectivity index (χ2n) is 9.14. The van der Waals surface area contributed by atoms with Gasteiger partial charge in [0.05, 0.1) is 25.8 Å². The Balaban J connectivity index is 1.55. The van der Waals surface area contributed by atoms with Crippen LogP contribution in [0.25, 0.3) is 16.6 Å². The van der Waals surface area contributed by atoms with Gasteiger partial charge in [-0.15, -0.1) is 0 Å². The van der Waals surface area contributed by atoms with Crippen LogP contribution in [0.2, 0.25) is 0 Å². The molecule has 35 heavy (non-hydrogen) atoms. The molecule has 2 aromatic carbocycles. The molecule has 3 aromatic rings. The summed E-state index contributed by atoms with van der Waals surface area (Å²) in [7, 11) is 1.30. The number of esters is 1. The predicted octanol–water partition coefficient (Wildman–Crippen LogP) is 3.21. The van der Waals surface area contributed by atoms with E-state index in [0.717, 1.165) is 52.2 Å². The topological polar surface area (TPSA) is 64.0 Å². The molecular weight excluding hydrogens is 449 g/mol. The molecule has 0 spiro atoms. The maximum atomic E-state index is 14.3. The van der Waals surface area contributed by atoms with Gasteiger partial charge in [0.1, 0.15) is 11.5 Å². The van der Waals surface area contributed by atoms with Crippen molar-refractivity contribution in [3.8, 4) is 5.69 Å². The Hall–Kier alpha value is -3.07. The van der Waals surface area contributed by atoms with Gasteiger partial charge in [-0.2, -0.15) is 0 Å². The van der Waals surface area contributed by atoms with E-state index in [1.54, 1.807) is 4.57 Å². The highest BCUT2D eigenvalue weighted by Crippen LogP contribution is 2.26. The van der Waals surface area contributed by atoms with E-state index in [2.05, 4.69) is 9.80 Å². The maximum Gasteiger partial charge on any atom is 0.355 e. The summed E-state index contributed by atoms with van der Waals surface area (Å²) in [5, 5.41) is 0.376. The van der Waals surface area contributed by atoms with Crippen LogP contribution in [-0.4, -0.2) is 72.9 Å². The van der Waals surface area contributed by atoms with E-state index >= 15 is 0 Å². The van der Waals surface area contributed by atoms with Crippen LogP contribution in [0.3, 0.4) is 0 Å². The normalized spacial score (nSPS) is 18.1. The molecule has 2 saturated heterocycles. The van der Waals surface area contributed by atoms with Crippen molar-refractivity contribution >= 4 is 16.9 Å². The van der Waals surface area contributed by atoms with Crippen LogP contribution in [-0.2, 0) is 16.0 Å². The van der Waals surface area contributed by atoms with Crippen molar-refractivity contribution in [2.75, 3.05) is 46.5 Å². The summed E-state index contributed by atoms with van der Waals surface area (Å²) in [4.78, 5) is 31.5. The van der Waals surface area contributed by atoms with Gasteiger partial charge in [-0.05, 0) is 56.3 Å². The van der Waals surface area contributed by atoms with Gasteiger partial charge in [-0.25, -0.2) is 9.18 Å². The Bertz CT molecular complexity index is 1260. The molecule has 0 N–H and O–H groups in total. The second kappa shape index (κ2) is 10.3. The Morgan fingerprint density at radius 2 is 1.77 bits per heavy atom. The lowest BCUT2D eigenvalue weighted by Gasteiger charge is -2.40. The number of ether oxygens (including phenoxy) is 2. The van der Waals surface area contributed by atoms with Crippen molar-refractivity contribution in [3.05, 3.63) is 75.8 Å². The number of para-hydroxylation sites is 1. The summed E-state index contributed by atoms with van der Waals surface area (Å²) in [5.41, 5.74) is 1.27. The van der Waals surface area contributed by atoms with Crippen LogP contribution in [0.4, 0.5) is 4.39 Å². The van der Waals surface area contributed by atoms with E-state index in [0.29, 0.717) is 34.7 Å². The van der Waals surface area contributed by atoms with E-state index in [9.17, 15) is 14.0 Å². The molecule has 3 heterocycles. The fourth-order valence-electron chi connectivity index (χ4n) is 5.32. The molecule has 0 saturated carbocycles. The lowest BCUT2D eigenvalue weighted by molar-refractivity contribution is 0.000168. The Morgan fingerprint density at radius 1 is 1.06 bits per heavy atom. The minimum atomic E-state index is -0.615. The van der Waals surface area contributed by atoms with Crippen LogP contribution >= 0.6 is 0 Å². The highest BCUT2D eigenvalue weighted by molar-refractivity contribution is 5.95. The number of fused-ring (bicyclic) bond motifs is 1. The lowest BCUT2D eigenvalue weighted by atomic mass is 10.0. The average molecular weight is 480 g/mol. The van der Waals surface area contributed by atoms with Crippen molar-refractivity contribution in [2.24, 2.45) is 0 Å². The summed E-state index contributed by atoms with van der Waals surface area (Å²) >= 11 is 0. The summed E-state index contributed by atoms with van der Waals surface area (Å²) < 4.78 is 26.6. The zero-order chi connectivity index (χ0) is 24.4. The summed E-state index contributed by atoms with van der Waals surface area (Å²) in [5.74, 6) is -1.09. The molecule has 0 unspecified atom stereocenters. The fourth-order valence-corrected chi connectivity index (χ4v) is 5.32. The van der Waals surface area contributed by atoms with Crippen LogP contribution in [0.5, 0.6) is 0 Å². The zero-order valence-electron chi connectivity index (χ0n) is 19.9. The maximum absolute atomic E-state index is 14.3. The third kappa shape index (κ3) is 4.74. The number of nitrogens with zero attached hydrogens (tertiary/aromatic N) is 3. The van der Waals surface area contributed by atoms with E-state index in [1.165, 1.54) is 25.3 Å². The van der Waals surface area contributed by atoms with Crippen LogP contribution < -0.4 is 5.43 Å². The molecule has 2 aliphatic heterocycles. The molecule has 0 atom stereocenters. The van der Waals surface area contributed by atoms with E-state index in [4.69, 9.17) is 9.47 Å². The summed E-state index contributed by atoms with van der Waals surface area (Å²) in [6.45, 7) is 5.46. The van der Waals surface area contributed by atoms with Gasteiger partial charge in [-0.1, -0.05) is 18.2 Å². The van der Waals surface area contributed by atoms with E-state index in [-0.39, 0.29) is 11.1 Å². The first-order valence-corrected chi connectivity index (χ1v) is 12.1. The van der Waals surface area contributed by atoms with Gasteiger partial charge < -0.3 is 14.0 Å². The molecule has 5 rings (SSSR count). The minimum Gasteiger partial charge on any atom is -0.464 e. The Morgan fingerprint density at radius 3 is 2.46 bits per heavy atom. The number of morpholine rings is 1. The van der Waals surface area contributed by atoms with Gasteiger partial charge in [0.25, 0.3) is 0 Å². The SMILES string of the molecule is COC(=O)c1c(CN2CCC(N3CCOCC3)CC2)c(=O)c2ccc(F)cc2n1-c1ccccc1. The first-order valence-electron chi connectivity index (χ1n) is 12.1. The standard InChI is InChI=1S/C27H30FN3O4/c1-34-27(33)25-23(18-29-11-9-20(10-12-29)30-13-15-35-16-14-30)26(32)22-8-7-19(28)17-24(22)31(25)21-5-3-2-4-6-21/h2-8,17,20H,9-16,18H2,1H3. The molecule has 2 aliphatic rings. The van der Waals surface area contributed by atoms with Crippen molar-refractivity contribution in [2.45, 2.75) is 25.4 Å². The van der Waals surface area contributed by atoms with Gasteiger partial charge in [0.2, 0.25) is 0 Å². The number of pyridine rings is 1. The molecule has 0 aliphatic carbocycles. The van der Waals surface area contributed by atoms with Crippen molar-refractivity contribution in [1.82, 2.24) is 14.4 Å². The van der Waals surface area contributed by atoms with Crippen molar-refractivity contribution in [3.63, 3.8) is 0 Å². The lowest BCUT2D eigenvalue weighted by Crippen LogP contribution is -2.49. The van der Waals surface area contributed by atoms with Crippen molar-refractivity contribution < 1.29 is 18.7 Å². The van der Waals surface area contributed by atoms with Crippen molar-refractivity contribution in [1.29, 1.82) is 0 Å². The number of hydrogen-bond acceptors (Lipinski definition) is 6. The average Bonchev–Trinajstić information content (AvgIpc) is 2.91. The molecule has 0 amide bonds. The number of rotatable bonds is 5. The first kappa shape index (κ1) is 23.7. The smallest absolute Gasteiger partial charge is 0.355 e. The molecule has 2 fully saturated rings. The molecule has 184 valence electrons. The number of aromatic nitrogens is 1. The molecular formula is C27H30FN3O4. The van der Waals surface area contributed by atoms with E-state index in [1.807, 2.05) is 30.3 Å².